The quantitative estimate of drug-likeness (QED) is 0.322. The van der Waals surface area contributed by atoms with Gasteiger partial charge in [0.2, 0.25) is 6.41 Å². The van der Waals surface area contributed by atoms with Crippen LogP contribution in [-0.4, -0.2) is 29.8 Å². The molecule has 9 heavy (non-hydrogen) atoms. The summed E-state index contributed by atoms with van der Waals surface area (Å²) in [7, 11) is 1.36. The fourth-order valence-corrected chi connectivity index (χ4v) is 0.265. The van der Waals surface area contributed by atoms with E-state index in [1.807, 2.05) is 0 Å². The first-order valence-electron chi connectivity index (χ1n) is 2.24. The second-order valence-corrected chi connectivity index (χ2v) is 1.39. The van der Waals surface area contributed by atoms with Gasteiger partial charge in [0.1, 0.15) is 12.0 Å². The highest BCUT2D eigenvalue weighted by molar-refractivity contribution is 5.76. The monoisotopic (exact) mass is 129 g/mol. The first-order chi connectivity index (χ1) is 4.26. The lowest BCUT2D eigenvalue weighted by atomic mass is 10.5. The average Bonchev–Trinajstić information content (AvgIpc) is 1.90. The number of nitrogens with zero attached hydrogens (tertiary/aromatic N) is 1. The van der Waals surface area contributed by atoms with Gasteiger partial charge in [0.15, 0.2) is 6.29 Å². The van der Waals surface area contributed by atoms with Crippen LogP contribution in [0.3, 0.4) is 0 Å². The predicted octanol–water partition coefficient (Wildman–Crippen LogP) is -0.327. The normalized spacial score (nSPS) is 10.6. The van der Waals surface area contributed by atoms with E-state index in [1.54, 1.807) is 0 Å². The predicted molar refractivity (Wildman–Crippen MR) is 30.6 cm³/mol. The summed E-state index contributed by atoms with van der Waals surface area (Å²) < 4.78 is 0. The van der Waals surface area contributed by atoms with Crippen LogP contribution in [0.5, 0.6) is 0 Å². The molecule has 0 atom stereocenters. The molecular weight excluding hydrogens is 122 g/mol. The minimum absolute atomic E-state index is 0.0648. The molecule has 1 N–H and O–H groups in total. The summed E-state index contributed by atoms with van der Waals surface area (Å²) in [5.41, 5.74) is -0.0648. The number of carbonyl (C=O) groups excluding carboxylic acids is 2. The molecule has 4 heteroatoms. The Kier molecular flexibility index (Phi) is 3.12. The van der Waals surface area contributed by atoms with E-state index >= 15 is 0 Å². The van der Waals surface area contributed by atoms with Crippen molar-refractivity contribution in [3.05, 3.63) is 12.0 Å². The molecule has 0 fully saturated rings. The summed E-state index contributed by atoms with van der Waals surface area (Å²) in [6, 6.07) is 0. The Labute approximate surface area is 52.4 Å². The van der Waals surface area contributed by atoms with E-state index in [4.69, 9.17) is 5.11 Å². The zero-order valence-corrected chi connectivity index (χ0v) is 4.94. The van der Waals surface area contributed by atoms with Gasteiger partial charge in [-0.15, -0.1) is 0 Å². The van der Waals surface area contributed by atoms with E-state index in [0.29, 0.717) is 19.0 Å². The minimum Gasteiger partial charge on any atom is -0.513 e. The van der Waals surface area contributed by atoms with Gasteiger partial charge < -0.3 is 10.0 Å². The molecule has 0 aliphatic rings. The van der Waals surface area contributed by atoms with Crippen molar-refractivity contribution in [2.75, 3.05) is 7.05 Å². The molecule has 0 aromatic carbocycles. The van der Waals surface area contributed by atoms with Crippen molar-refractivity contribution in [2.24, 2.45) is 0 Å². The van der Waals surface area contributed by atoms with Crippen LogP contribution in [-0.2, 0) is 9.59 Å². The number of aliphatic hydroxyl groups excluding tert-OH is 1. The van der Waals surface area contributed by atoms with Crippen LogP contribution in [0.4, 0.5) is 0 Å². The SMILES string of the molecule is CN(C=O)/C(C=O)=C\O. The van der Waals surface area contributed by atoms with Gasteiger partial charge in [-0.05, 0) is 0 Å². The van der Waals surface area contributed by atoms with E-state index in [1.165, 1.54) is 7.05 Å². The van der Waals surface area contributed by atoms with Crippen molar-refractivity contribution in [3.8, 4) is 0 Å². The third-order valence-electron chi connectivity index (χ3n) is 0.818. The van der Waals surface area contributed by atoms with Gasteiger partial charge in [0, 0.05) is 7.05 Å². The van der Waals surface area contributed by atoms with Crippen molar-refractivity contribution < 1.29 is 14.7 Å². The summed E-state index contributed by atoms with van der Waals surface area (Å²) in [5.74, 6) is 0. The number of amides is 1. The van der Waals surface area contributed by atoms with Crippen LogP contribution in [0.25, 0.3) is 0 Å². The highest BCUT2D eigenvalue weighted by Gasteiger charge is 1.98. The lowest BCUT2D eigenvalue weighted by Crippen LogP contribution is -2.15. The van der Waals surface area contributed by atoms with Crippen LogP contribution < -0.4 is 0 Å². The van der Waals surface area contributed by atoms with Gasteiger partial charge in [-0.25, -0.2) is 0 Å². The second kappa shape index (κ2) is 3.65. The van der Waals surface area contributed by atoms with Crippen LogP contribution in [0, 0.1) is 0 Å². The van der Waals surface area contributed by atoms with Gasteiger partial charge in [0.25, 0.3) is 0 Å². The second-order valence-electron chi connectivity index (χ2n) is 1.39. The number of aliphatic hydroxyl groups is 1. The average molecular weight is 129 g/mol. The molecule has 0 radical (unpaired) electrons. The summed E-state index contributed by atoms with van der Waals surface area (Å²) in [6.07, 6.45) is 1.38. The fraction of sp³-hybridized carbons (Fsp3) is 0.200. The molecule has 0 aliphatic carbocycles. The summed E-state index contributed by atoms with van der Waals surface area (Å²) in [5, 5.41) is 8.23. The number of allylic oxidation sites excluding steroid dienone is 1. The van der Waals surface area contributed by atoms with Crippen LogP contribution in [0.15, 0.2) is 12.0 Å². The molecule has 50 valence electrons. The molecule has 0 unspecified atom stereocenters. The Morgan fingerprint density at radius 1 is 1.56 bits per heavy atom. The minimum atomic E-state index is -0.0648. The topological polar surface area (TPSA) is 57.6 Å². The molecule has 1 amide bonds. The third-order valence-corrected chi connectivity index (χ3v) is 0.818. The maximum absolute atomic E-state index is 9.91. The molecule has 0 bridgehead atoms. The van der Waals surface area contributed by atoms with Crippen molar-refractivity contribution in [1.29, 1.82) is 0 Å². The lowest BCUT2D eigenvalue weighted by Gasteiger charge is -2.05. The van der Waals surface area contributed by atoms with Crippen LogP contribution >= 0.6 is 0 Å². The Morgan fingerprint density at radius 2 is 2.11 bits per heavy atom. The van der Waals surface area contributed by atoms with Gasteiger partial charge in [-0.3, -0.25) is 9.59 Å². The van der Waals surface area contributed by atoms with E-state index in [9.17, 15) is 9.59 Å². The third kappa shape index (κ3) is 1.94. The van der Waals surface area contributed by atoms with Crippen LogP contribution in [0.2, 0.25) is 0 Å². The van der Waals surface area contributed by atoms with Gasteiger partial charge in [0.05, 0.1) is 0 Å². The molecule has 0 aliphatic heterocycles. The standard InChI is InChI=1S/C5H7NO3/c1-6(4-9)5(2-7)3-8/h2-4,7H,1H3/b5-2-. The number of hydrogen-bond acceptors (Lipinski definition) is 3. The smallest absolute Gasteiger partial charge is 0.214 e. The van der Waals surface area contributed by atoms with Crippen molar-refractivity contribution in [2.45, 2.75) is 0 Å². The Bertz CT molecular complexity index is 141. The van der Waals surface area contributed by atoms with E-state index in [-0.39, 0.29) is 5.70 Å². The number of rotatable bonds is 3. The summed E-state index contributed by atoms with van der Waals surface area (Å²) in [4.78, 5) is 20.8. The summed E-state index contributed by atoms with van der Waals surface area (Å²) in [6.45, 7) is 0. The van der Waals surface area contributed by atoms with Gasteiger partial charge >= 0.3 is 0 Å². The van der Waals surface area contributed by atoms with Gasteiger partial charge in [-0.2, -0.15) is 0 Å². The highest BCUT2D eigenvalue weighted by Crippen LogP contribution is 1.89. The molecule has 4 nitrogen and oxygen atoms in total. The molecule has 0 saturated carbocycles. The molecule has 0 rings (SSSR count). The number of hydrogen-bond donors (Lipinski definition) is 1. The molecular formula is C5H7NO3. The summed E-state index contributed by atoms with van der Waals surface area (Å²) >= 11 is 0. The Morgan fingerprint density at radius 3 is 2.22 bits per heavy atom. The van der Waals surface area contributed by atoms with Crippen molar-refractivity contribution in [3.63, 3.8) is 0 Å². The van der Waals surface area contributed by atoms with Crippen molar-refractivity contribution in [1.82, 2.24) is 4.90 Å². The Balaban J connectivity index is 4.11. The number of likely N-dealkylation sites (N-methyl/N-ethyl adjacent to an activating group) is 1. The first-order valence-corrected chi connectivity index (χ1v) is 2.24. The van der Waals surface area contributed by atoms with Crippen LogP contribution in [0.1, 0.15) is 0 Å². The highest BCUT2D eigenvalue weighted by atomic mass is 16.2. The van der Waals surface area contributed by atoms with E-state index in [2.05, 4.69) is 0 Å². The molecule has 0 aromatic heterocycles. The van der Waals surface area contributed by atoms with Gasteiger partial charge in [-0.1, -0.05) is 0 Å². The van der Waals surface area contributed by atoms with E-state index in [0.717, 1.165) is 4.90 Å². The fourth-order valence-electron chi connectivity index (χ4n) is 0.265. The Hall–Kier alpha value is -1.32. The first kappa shape index (κ1) is 7.68. The maximum atomic E-state index is 9.91. The van der Waals surface area contributed by atoms with Crippen molar-refractivity contribution >= 4 is 12.7 Å². The largest absolute Gasteiger partial charge is 0.513 e. The molecule has 0 heterocycles. The molecule has 0 spiro atoms. The molecule has 0 aromatic rings. The zero-order chi connectivity index (χ0) is 7.28. The number of carbonyl (C=O) groups is 2. The lowest BCUT2D eigenvalue weighted by molar-refractivity contribution is -0.118. The zero-order valence-electron chi connectivity index (χ0n) is 4.94. The maximum Gasteiger partial charge on any atom is 0.214 e. The van der Waals surface area contributed by atoms with E-state index < -0.39 is 0 Å². The molecule has 0 saturated heterocycles. The number of aldehydes is 1.